The van der Waals surface area contributed by atoms with Crippen molar-refractivity contribution in [1.82, 2.24) is 35.0 Å². The molecular formula is C44H50F2N10O4. The number of fused-ring (bicyclic) bond motifs is 2. The fourth-order valence-electron chi connectivity index (χ4n) is 9.20. The molecule has 4 aromatic rings. The minimum absolute atomic E-state index is 0.00784. The topological polar surface area (TPSA) is 139 Å². The zero-order valence-corrected chi connectivity index (χ0v) is 34.0. The largest absolute Gasteiger partial charge is 0.486 e. The number of nitrogens with one attached hydrogen (secondary N) is 2. The highest BCUT2D eigenvalue weighted by Gasteiger charge is 2.39. The van der Waals surface area contributed by atoms with Gasteiger partial charge in [0, 0.05) is 81.3 Å². The van der Waals surface area contributed by atoms with Gasteiger partial charge in [0.1, 0.15) is 24.2 Å². The van der Waals surface area contributed by atoms with Gasteiger partial charge in [-0.15, -0.1) is 0 Å². The lowest BCUT2D eigenvalue weighted by atomic mass is 9.90. The summed E-state index contributed by atoms with van der Waals surface area (Å²) < 4.78 is 35.8. The molecule has 2 N–H and O–H groups in total. The maximum absolute atomic E-state index is 15.1. The first-order valence-electron chi connectivity index (χ1n) is 21.0. The molecule has 1 unspecified atom stereocenters. The molecule has 0 saturated carbocycles. The standard InChI is InChI=1S/C44H50F2N10O4/c1-27(2)55-19-20-60-41-34(45)22-30(23-37(41)55)40-35(46)25-48-44(51-40)49-38-7-3-29(24-47-38)28-9-11-52(12-10-28)13-14-53-15-17-54(18-16-53)32-4-5-33-31(21-32)26-56(43(33)59)36-6-8-39(57)50-42(36)58/h3-5,7,21-25,27-28,36H,6,8-20,26H2,1-2H3,(H,50,57,58)(H,47,48,49,51). The van der Waals surface area contributed by atoms with Gasteiger partial charge in [0.2, 0.25) is 17.8 Å². The summed E-state index contributed by atoms with van der Waals surface area (Å²) in [6.45, 7) is 13.2. The number of ether oxygens (including phenoxy) is 1. The first-order chi connectivity index (χ1) is 29.1. The van der Waals surface area contributed by atoms with Crippen LogP contribution in [-0.2, 0) is 16.1 Å². The molecular weight excluding hydrogens is 771 g/mol. The molecule has 0 aliphatic carbocycles. The molecule has 60 heavy (non-hydrogen) atoms. The van der Waals surface area contributed by atoms with E-state index in [1.54, 1.807) is 11.0 Å². The van der Waals surface area contributed by atoms with Crippen molar-refractivity contribution in [1.29, 1.82) is 0 Å². The van der Waals surface area contributed by atoms with Crippen molar-refractivity contribution in [2.24, 2.45) is 0 Å². The molecule has 14 nitrogen and oxygen atoms in total. The summed E-state index contributed by atoms with van der Waals surface area (Å²) in [5.41, 5.74) is 4.72. The number of halogens is 2. The van der Waals surface area contributed by atoms with Crippen LogP contribution in [0.4, 0.5) is 31.9 Å². The van der Waals surface area contributed by atoms with Crippen molar-refractivity contribution in [3.8, 4) is 17.0 Å². The predicted molar refractivity (Wildman–Crippen MR) is 222 cm³/mol. The first kappa shape index (κ1) is 39.7. The third-order valence-corrected chi connectivity index (χ3v) is 12.6. The summed E-state index contributed by atoms with van der Waals surface area (Å²) in [6, 6.07) is 12.4. The van der Waals surface area contributed by atoms with Gasteiger partial charge in [0.15, 0.2) is 17.4 Å². The zero-order chi connectivity index (χ0) is 41.5. The van der Waals surface area contributed by atoms with E-state index in [9.17, 15) is 14.4 Å². The van der Waals surface area contributed by atoms with E-state index >= 15 is 8.78 Å². The molecule has 0 bridgehead atoms. The van der Waals surface area contributed by atoms with Crippen LogP contribution in [0.1, 0.15) is 66.9 Å². The van der Waals surface area contributed by atoms with Crippen molar-refractivity contribution in [3.05, 3.63) is 83.2 Å². The molecule has 16 heteroatoms. The van der Waals surface area contributed by atoms with E-state index in [4.69, 9.17) is 4.74 Å². The average Bonchev–Trinajstić information content (AvgIpc) is 3.58. The van der Waals surface area contributed by atoms with Crippen molar-refractivity contribution in [3.63, 3.8) is 0 Å². The van der Waals surface area contributed by atoms with E-state index in [1.165, 1.54) is 11.6 Å². The summed E-state index contributed by atoms with van der Waals surface area (Å²) >= 11 is 0. The Balaban J connectivity index is 0.733. The van der Waals surface area contributed by atoms with Gasteiger partial charge in [0.25, 0.3) is 5.91 Å². The number of carbonyl (C=O) groups excluding carboxylic acids is 3. The molecule has 314 valence electrons. The number of nitrogens with zero attached hydrogens (tertiary/aromatic N) is 8. The zero-order valence-electron chi connectivity index (χ0n) is 34.0. The van der Waals surface area contributed by atoms with Crippen LogP contribution >= 0.6 is 0 Å². The molecule has 2 aromatic heterocycles. The minimum atomic E-state index is -0.653. The van der Waals surface area contributed by atoms with E-state index in [0.717, 1.165) is 82.6 Å². The number of pyridine rings is 1. The Bertz CT molecular complexity index is 2280. The van der Waals surface area contributed by atoms with Gasteiger partial charge in [-0.25, -0.2) is 23.7 Å². The second-order valence-electron chi connectivity index (χ2n) is 16.6. The van der Waals surface area contributed by atoms with Crippen molar-refractivity contribution < 1.29 is 27.9 Å². The normalized spacial score (nSPS) is 20.3. The molecule has 0 spiro atoms. The van der Waals surface area contributed by atoms with E-state index < -0.39 is 17.7 Å². The number of benzene rings is 2. The van der Waals surface area contributed by atoms with E-state index in [-0.39, 0.29) is 47.6 Å². The average molecular weight is 821 g/mol. The molecule has 5 aliphatic heterocycles. The third kappa shape index (κ3) is 8.09. The number of anilines is 4. The molecule has 2 aromatic carbocycles. The Morgan fingerprint density at radius 1 is 0.867 bits per heavy atom. The Kier molecular flexibility index (Phi) is 11.1. The Labute approximate surface area is 347 Å². The highest BCUT2D eigenvalue weighted by Crippen LogP contribution is 2.40. The Morgan fingerprint density at radius 3 is 2.38 bits per heavy atom. The number of imide groups is 1. The molecule has 7 heterocycles. The number of hydrogen-bond acceptors (Lipinski definition) is 12. The maximum Gasteiger partial charge on any atom is 0.255 e. The SMILES string of the molecule is CC(C)N1CCOc2c(F)cc(-c3nc(Nc4ccc(C5CCN(CCN6CCN(c7ccc8c(c7)CN(C7CCC(=O)NC7=O)C8=O)CC6)CC5)cn4)ncc3F)cc21. The summed E-state index contributed by atoms with van der Waals surface area (Å²) in [7, 11) is 0. The van der Waals surface area contributed by atoms with Crippen LogP contribution in [0.2, 0.25) is 0 Å². The smallest absolute Gasteiger partial charge is 0.255 e. The van der Waals surface area contributed by atoms with E-state index in [2.05, 4.69) is 52.4 Å². The second-order valence-corrected chi connectivity index (χ2v) is 16.6. The number of likely N-dealkylation sites (tertiary alicyclic amines) is 1. The van der Waals surface area contributed by atoms with Gasteiger partial charge in [-0.2, -0.15) is 0 Å². The number of rotatable bonds is 10. The Hall–Kier alpha value is -5.74. The Morgan fingerprint density at radius 2 is 1.65 bits per heavy atom. The van der Waals surface area contributed by atoms with Crippen molar-refractivity contribution in [2.45, 2.75) is 64.1 Å². The van der Waals surface area contributed by atoms with Gasteiger partial charge in [0.05, 0.1) is 18.4 Å². The fourth-order valence-corrected chi connectivity index (χ4v) is 9.20. The van der Waals surface area contributed by atoms with Gasteiger partial charge >= 0.3 is 0 Å². The number of amides is 3. The fraction of sp³-hybridized carbons (Fsp3) is 0.455. The quantitative estimate of drug-likeness (QED) is 0.210. The lowest BCUT2D eigenvalue weighted by molar-refractivity contribution is -0.136. The van der Waals surface area contributed by atoms with Gasteiger partial charge < -0.3 is 29.7 Å². The van der Waals surface area contributed by atoms with Crippen LogP contribution in [0.3, 0.4) is 0 Å². The van der Waals surface area contributed by atoms with Crippen LogP contribution in [0.5, 0.6) is 5.75 Å². The van der Waals surface area contributed by atoms with Gasteiger partial charge in [-0.3, -0.25) is 24.6 Å². The second kappa shape index (κ2) is 16.7. The summed E-state index contributed by atoms with van der Waals surface area (Å²) in [5.74, 6) is -0.750. The number of hydrogen-bond donors (Lipinski definition) is 2. The number of aromatic nitrogens is 3. The monoisotopic (exact) mass is 820 g/mol. The maximum atomic E-state index is 15.1. The molecule has 3 amide bonds. The van der Waals surface area contributed by atoms with Crippen LogP contribution in [0.25, 0.3) is 11.3 Å². The summed E-state index contributed by atoms with van der Waals surface area (Å²) in [4.78, 5) is 61.4. The van der Waals surface area contributed by atoms with E-state index in [0.29, 0.717) is 54.7 Å². The van der Waals surface area contributed by atoms with E-state index in [1.807, 2.05) is 43.1 Å². The number of carbonyl (C=O) groups is 3. The van der Waals surface area contributed by atoms with Gasteiger partial charge in [-0.05, 0) is 99.6 Å². The highest BCUT2D eigenvalue weighted by atomic mass is 19.1. The third-order valence-electron chi connectivity index (χ3n) is 12.6. The van der Waals surface area contributed by atoms with Crippen LogP contribution < -0.4 is 25.2 Å². The molecule has 5 aliphatic rings. The predicted octanol–water partition coefficient (Wildman–Crippen LogP) is 4.93. The minimum Gasteiger partial charge on any atom is -0.486 e. The molecule has 3 fully saturated rings. The first-order valence-corrected chi connectivity index (χ1v) is 21.0. The molecule has 3 saturated heterocycles. The van der Waals surface area contributed by atoms with Crippen LogP contribution in [0, 0.1) is 11.6 Å². The lowest BCUT2D eigenvalue weighted by Crippen LogP contribution is -2.52. The molecule has 0 radical (unpaired) electrons. The molecule has 1 atom stereocenters. The molecule has 9 rings (SSSR count). The van der Waals surface area contributed by atoms with Gasteiger partial charge in [-0.1, -0.05) is 6.07 Å². The number of piperazine rings is 1. The van der Waals surface area contributed by atoms with Crippen molar-refractivity contribution in [2.75, 3.05) is 80.6 Å². The van der Waals surface area contributed by atoms with Crippen LogP contribution in [-0.4, -0.2) is 125 Å². The van der Waals surface area contributed by atoms with Crippen LogP contribution in [0.15, 0.2) is 54.9 Å². The summed E-state index contributed by atoms with van der Waals surface area (Å²) in [5, 5.41) is 5.46. The van der Waals surface area contributed by atoms with Crippen molar-refractivity contribution >= 4 is 40.9 Å². The number of piperidine rings is 2. The highest BCUT2D eigenvalue weighted by molar-refractivity contribution is 6.05. The lowest BCUT2D eigenvalue weighted by Gasteiger charge is -2.38. The summed E-state index contributed by atoms with van der Waals surface area (Å²) in [6.07, 6.45) is 5.67.